The van der Waals surface area contributed by atoms with Crippen LogP contribution in [0, 0.1) is 5.92 Å². The molecule has 2 fully saturated rings. The summed E-state index contributed by atoms with van der Waals surface area (Å²) in [4.78, 5) is 28.6. The Morgan fingerprint density at radius 3 is 2.54 bits per heavy atom. The van der Waals surface area contributed by atoms with Gasteiger partial charge in [-0.05, 0) is 32.6 Å². The van der Waals surface area contributed by atoms with E-state index in [4.69, 9.17) is 0 Å². The van der Waals surface area contributed by atoms with Gasteiger partial charge in [0, 0.05) is 55.0 Å². The molecule has 3 amide bonds. The lowest BCUT2D eigenvalue weighted by atomic mass is 9.96. The molecule has 6 nitrogen and oxygen atoms in total. The lowest BCUT2D eigenvalue weighted by molar-refractivity contribution is -0.137. The topological polar surface area (TPSA) is 69.7 Å². The second kappa shape index (κ2) is 8.83. The van der Waals surface area contributed by atoms with Gasteiger partial charge < -0.3 is 15.1 Å². The first kappa shape index (κ1) is 19.2. The first-order valence-corrected chi connectivity index (χ1v) is 10.7. The Bertz CT molecular complexity index is 480. The average Bonchev–Trinajstić information content (AvgIpc) is 3.05. The summed E-state index contributed by atoms with van der Waals surface area (Å²) in [5.41, 5.74) is 0. The number of hydrogen-bond donors (Lipinski definition) is 1. The molecule has 7 heteroatoms. The second-order valence-corrected chi connectivity index (χ2v) is 8.73. The van der Waals surface area contributed by atoms with Crippen LogP contribution in [0.25, 0.3) is 0 Å². The van der Waals surface area contributed by atoms with Gasteiger partial charge in [-0.15, -0.1) is 0 Å². The van der Waals surface area contributed by atoms with Crippen LogP contribution in [0.15, 0.2) is 0 Å². The smallest absolute Gasteiger partial charge is 0.317 e. The zero-order valence-electron chi connectivity index (χ0n) is 15.1. The molecule has 1 aliphatic carbocycles. The van der Waals surface area contributed by atoms with Crippen molar-refractivity contribution in [3.05, 3.63) is 0 Å². The fraction of sp³-hybridized carbons (Fsp3) is 0.882. The highest BCUT2D eigenvalue weighted by atomic mass is 32.2. The second-order valence-electron chi connectivity index (χ2n) is 7.25. The van der Waals surface area contributed by atoms with Gasteiger partial charge in [0.1, 0.15) is 0 Å². The van der Waals surface area contributed by atoms with Crippen LogP contribution in [-0.4, -0.2) is 70.2 Å². The van der Waals surface area contributed by atoms with Crippen molar-refractivity contribution in [3.63, 3.8) is 0 Å². The van der Waals surface area contributed by atoms with Gasteiger partial charge in [-0.25, -0.2) is 4.79 Å². The number of piperidine rings is 1. The van der Waals surface area contributed by atoms with Gasteiger partial charge in [-0.1, -0.05) is 12.8 Å². The Kier molecular flexibility index (Phi) is 7.07. The van der Waals surface area contributed by atoms with Gasteiger partial charge in [-0.2, -0.15) is 0 Å². The molecule has 0 spiro atoms. The first-order valence-electron chi connectivity index (χ1n) is 9.00. The molecular formula is C17H31N3O3S. The molecule has 0 radical (unpaired) electrons. The molecule has 2 aliphatic rings. The van der Waals surface area contributed by atoms with E-state index in [1.165, 1.54) is 12.8 Å². The van der Waals surface area contributed by atoms with Crippen LogP contribution in [0.1, 0.15) is 45.4 Å². The van der Waals surface area contributed by atoms with E-state index < -0.39 is 10.8 Å². The summed E-state index contributed by atoms with van der Waals surface area (Å²) < 4.78 is 11.4. The van der Waals surface area contributed by atoms with Crippen LogP contribution in [0.3, 0.4) is 0 Å². The summed E-state index contributed by atoms with van der Waals surface area (Å²) in [5, 5.41) is 3.11. The zero-order valence-corrected chi connectivity index (χ0v) is 15.9. The van der Waals surface area contributed by atoms with Crippen LogP contribution in [0.2, 0.25) is 0 Å². The van der Waals surface area contributed by atoms with E-state index in [-0.39, 0.29) is 23.9 Å². The fourth-order valence-corrected chi connectivity index (χ4v) is 4.56. The van der Waals surface area contributed by atoms with Crippen molar-refractivity contribution in [2.75, 3.05) is 32.1 Å². The van der Waals surface area contributed by atoms with Crippen molar-refractivity contribution in [2.24, 2.45) is 5.92 Å². The van der Waals surface area contributed by atoms with Crippen molar-refractivity contribution in [1.82, 2.24) is 15.1 Å². The molecule has 1 saturated heterocycles. The number of amides is 3. The molecule has 1 aliphatic heterocycles. The molecule has 0 bridgehead atoms. The monoisotopic (exact) mass is 357 g/mol. The average molecular weight is 358 g/mol. The summed E-state index contributed by atoms with van der Waals surface area (Å²) in [5.74, 6) is 0.401. The number of nitrogens with one attached hydrogen (secondary N) is 1. The molecule has 0 aromatic rings. The highest BCUT2D eigenvalue weighted by molar-refractivity contribution is 7.84. The molecule has 24 heavy (non-hydrogen) atoms. The Morgan fingerprint density at radius 1 is 1.25 bits per heavy atom. The third-order valence-corrected chi connectivity index (χ3v) is 6.18. The van der Waals surface area contributed by atoms with E-state index in [9.17, 15) is 13.8 Å². The summed E-state index contributed by atoms with van der Waals surface area (Å²) in [6, 6.07) is 0.228. The van der Waals surface area contributed by atoms with Crippen LogP contribution in [0.4, 0.5) is 4.79 Å². The lowest BCUT2D eigenvalue weighted by Gasteiger charge is -2.36. The van der Waals surface area contributed by atoms with Crippen molar-refractivity contribution in [2.45, 2.75) is 57.5 Å². The lowest BCUT2D eigenvalue weighted by Crippen LogP contribution is -2.52. The van der Waals surface area contributed by atoms with E-state index in [2.05, 4.69) is 5.32 Å². The Labute approximate surface area is 147 Å². The largest absolute Gasteiger partial charge is 0.342 e. The minimum Gasteiger partial charge on any atom is -0.342 e. The van der Waals surface area contributed by atoms with Crippen LogP contribution < -0.4 is 5.32 Å². The predicted octanol–water partition coefficient (Wildman–Crippen LogP) is 1.58. The van der Waals surface area contributed by atoms with Gasteiger partial charge in [0.2, 0.25) is 5.91 Å². The summed E-state index contributed by atoms with van der Waals surface area (Å²) >= 11 is 0. The fourth-order valence-electron chi connectivity index (χ4n) is 3.66. The maximum Gasteiger partial charge on any atom is 0.317 e. The van der Waals surface area contributed by atoms with E-state index in [1.807, 2.05) is 6.92 Å². The van der Waals surface area contributed by atoms with Crippen molar-refractivity contribution < 1.29 is 13.8 Å². The maximum atomic E-state index is 12.7. The quantitative estimate of drug-likeness (QED) is 0.812. The Balaban J connectivity index is 1.87. The molecule has 1 saturated carbocycles. The van der Waals surface area contributed by atoms with Gasteiger partial charge in [-0.3, -0.25) is 9.00 Å². The number of carbonyl (C=O) groups excluding carboxylic acids is 2. The zero-order chi connectivity index (χ0) is 17.7. The number of rotatable bonds is 5. The first-order chi connectivity index (χ1) is 11.4. The SMILES string of the molecule is C[C@H](C[S@@](C)=O)N(C)C(=O)[C@@H]1CCCN(C(=O)NC2CCCC2)C1. The molecule has 0 aromatic carbocycles. The Hall–Kier alpha value is -1.11. The third kappa shape index (κ3) is 5.19. The van der Waals surface area contributed by atoms with Crippen LogP contribution in [0.5, 0.6) is 0 Å². The Morgan fingerprint density at radius 2 is 1.92 bits per heavy atom. The van der Waals surface area contributed by atoms with Gasteiger partial charge in [0.15, 0.2) is 0 Å². The molecule has 1 N–H and O–H groups in total. The molecule has 2 rings (SSSR count). The van der Waals surface area contributed by atoms with Crippen molar-refractivity contribution >= 4 is 22.7 Å². The molecular weight excluding hydrogens is 326 g/mol. The summed E-state index contributed by atoms with van der Waals surface area (Å²) in [7, 11) is 0.852. The van der Waals surface area contributed by atoms with Gasteiger partial charge >= 0.3 is 6.03 Å². The summed E-state index contributed by atoms with van der Waals surface area (Å²) in [6.45, 7) is 3.14. The van der Waals surface area contributed by atoms with Crippen LogP contribution in [-0.2, 0) is 15.6 Å². The molecule has 0 unspecified atom stereocenters. The van der Waals surface area contributed by atoms with Crippen molar-refractivity contribution in [1.29, 1.82) is 0 Å². The van der Waals surface area contributed by atoms with E-state index in [1.54, 1.807) is 23.1 Å². The molecule has 3 atom stereocenters. The number of urea groups is 1. The predicted molar refractivity (Wildman–Crippen MR) is 96.3 cm³/mol. The minimum atomic E-state index is -0.924. The molecule has 0 aromatic heterocycles. The number of likely N-dealkylation sites (tertiary alicyclic amines) is 1. The van der Waals surface area contributed by atoms with Gasteiger partial charge in [0.05, 0.1) is 5.92 Å². The van der Waals surface area contributed by atoms with E-state index in [0.29, 0.717) is 18.3 Å². The van der Waals surface area contributed by atoms with Gasteiger partial charge in [0.25, 0.3) is 0 Å². The van der Waals surface area contributed by atoms with E-state index >= 15 is 0 Å². The standard InChI is InChI=1S/C17H31N3O3S/c1-13(12-24(3)23)19(2)16(21)14-7-6-10-20(11-14)17(22)18-15-8-4-5-9-15/h13-15H,4-12H2,1-3H3,(H,18,22)/t13-,14-,24-/m1/s1. The highest BCUT2D eigenvalue weighted by Crippen LogP contribution is 2.21. The van der Waals surface area contributed by atoms with Crippen molar-refractivity contribution in [3.8, 4) is 0 Å². The third-order valence-electron chi connectivity index (χ3n) is 5.23. The number of nitrogens with zero attached hydrogens (tertiary/aromatic N) is 2. The molecule has 1 heterocycles. The highest BCUT2D eigenvalue weighted by Gasteiger charge is 2.32. The number of carbonyl (C=O) groups is 2. The van der Waals surface area contributed by atoms with E-state index in [0.717, 1.165) is 32.2 Å². The minimum absolute atomic E-state index is 0.0234. The normalized spacial score (nSPS) is 24.5. The number of hydrogen-bond acceptors (Lipinski definition) is 3. The molecule has 138 valence electrons. The van der Waals surface area contributed by atoms with Crippen LogP contribution >= 0.6 is 0 Å². The maximum absolute atomic E-state index is 12.7. The summed E-state index contributed by atoms with van der Waals surface area (Å²) in [6.07, 6.45) is 7.84.